The van der Waals surface area contributed by atoms with Crippen LogP contribution in [-0.4, -0.2) is 40.9 Å². The van der Waals surface area contributed by atoms with E-state index in [1.165, 1.54) is 0 Å². The molecule has 0 spiro atoms. The highest BCUT2D eigenvalue weighted by atomic mass is 32.2. The van der Waals surface area contributed by atoms with Crippen molar-refractivity contribution in [3.8, 4) is 5.69 Å². The van der Waals surface area contributed by atoms with Gasteiger partial charge in [-0.25, -0.2) is 9.48 Å². The zero-order valence-corrected chi connectivity index (χ0v) is 19.6. The maximum absolute atomic E-state index is 12.0. The van der Waals surface area contributed by atoms with Crippen LogP contribution in [0.15, 0.2) is 47.0 Å². The molecule has 2 aromatic carbocycles. The zero-order valence-electron chi connectivity index (χ0n) is 18.8. The summed E-state index contributed by atoms with van der Waals surface area (Å²) in [4.78, 5) is 11.8. The van der Waals surface area contributed by atoms with Crippen LogP contribution >= 0.6 is 0 Å². The lowest BCUT2D eigenvalue weighted by atomic mass is 10.0. The maximum atomic E-state index is 12.0. The summed E-state index contributed by atoms with van der Waals surface area (Å²) in [5, 5.41) is 19.5. The van der Waals surface area contributed by atoms with Gasteiger partial charge in [-0.1, -0.05) is 32.9 Å². The van der Waals surface area contributed by atoms with Crippen molar-refractivity contribution in [2.24, 2.45) is 11.8 Å². The summed E-state index contributed by atoms with van der Waals surface area (Å²) >= 11 is -2.77. The molecule has 2 aromatic heterocycles. The number of hydrogen-bond acceptors (Lipinski definition) is 6. The first-order chi connectivity index (χ1) is 15.7. The van der Waals surface area contributed by atoms with Gasteiger partial charge in [0.1, 0.15) is 17.2 Å². The maximum Gasteiger partial charge on any atom is 0.327 e. The van der Waals surface area contributed by atoms with Gasteiger partial charge in [-0.15, -0.1) is 5.10 Å². The molecule has 2 atom stereocenters. The van der Waals surface area contributed by atoms with Crippen LogP contribution in [-0.2, 0) is 22.5 Å². The van der Waals surface area contributed by atoms with Crippen molar-refractivity contribution >= 4 is 44.9 Å². The highest BCUT2D eigenvalue weighted by Crippen LogP contribution is 2.34. The van der Waals surface area contributed by atoms with Gasteiger partial charge < -0.3 is 14.1 Å². The Balaban J connectivity index is 1.76. The number of carboxylic acids is 1. The molecular weight excluding hydrogens is 444 g/mol. The lowest BCUT2D eigenvalue weighted by Crippen LogP contribution is -2.45. The van der Waals surface area contributed by atoms with Crippen LogP contribution in [0.25, 0.3) is 27.6 Å². The van der Waals surface area contributed by atoms with Crippen molar-refractivity contribution in [3.63, 3.8) is 0 Å². The van der Waals surface area contributed by atoms with Crippen LogP contribution in [0.1, 0.15) is 33.4 Å². The minimum Gasteiger partial charge on any atom is -0.755 e. The van der Waals surface area contributed by atoms with Gasteiger partial charge in [0.15, 0.2) is 0 Å². The normalized spacial score (nSPS) is 13.8. The fourth-order valence-electron chi connectivity index (χ4n) is 3.97. The number of benzene rings is 2. The van der Waals surface area contributed by atoms with Crippen LogP contribution in [0.4, 0.5) is 5.69 Å². The highest BCUT2D eigenvalue weighted by Gasteiger charge is 2.30. The molecule has 2 unspecified atom stereocenters. The smallest absolute Gasteiger partial charge is 0.327 e. The molecule has 1 N–H and O–H groups in total. The molecule has 10 heteroatoms. The molecule has 4 aromatic rings. The van der Waals surface area contributed by atoms with E-state index in [2.05, 4.69) is 24.2 Å². The predicted molar refractivity (Wildman–Crippen MR) is 125 cm³/mol. The van der Waals surface area contributed by atoms with Crippen molar-refractivity contribution in [2.45, 2.75) is 40.2 Å². The monoisotopic (exact) mass is 469 g/mol. The fraction of sp³-hybridized carbons (Fsp3) is 0.348. The Bertz CT molecular complexity index is 1340. The third-order valence-electron chi connectivity index (χ3n) is 5.41. The van der Waals surface area contributed by atoms with E-state index >= 15 is 0 Å². The third-order valence-corrected chi connectivity index (χ3v) is 6.17. The van der Waals surface area contributed by atoms with E-state index in [4.69, 9.17) is 4.42 Å². The minimum absolute atomic E-state index is 0.262. The fourth-order valence-corrected chi connectivity index (χ4v) is 4.77. The van der Waals surface area contributed by atoms with Gasteiger partial charge in [-0.3, -0.25) is 8.51 Å². The Hall–Kier alpha value is -3.24. The average Bonchev–Trinajstić information content (AvgIpc) is 3.33. The molecule has 0 aliphatic rings. The SMILES string of the molecule is CC(C)Cc1cn(-c2ccc3c(c2)oc2ccc(N(C(C(=O)O)C(C)C)S(=O)[O-])cc23)nn1. The summed E-state index contributed by atoms with van der Waals surface area (Å²) in [5.41, 5.74) is 3.13. The second kappa shape index (κ2) is 8.95. The molecule has 0 aliphatic heterocycles. The number of aromatic nitrogens is 3. The number of anilines is 1. The lowest BCUT2D eigenvalue weighted by molar-refractivity contribution is -0.139. The van der Waals surface area contributed by atoms with Gasteiger partial charge >= 0.3 is 5.97 Å². The van der Waals surface area contributed by atoms with E-state index in [-0.39, 0.29) is 5.69 Å². The first kappa shape index (κ1) is 22.9. The van der Waals surface area contributed by atoms with Crippen molar-refractivity contribution in [3.05, 3.63) is 48.3 Å². The Morgan fingerprint density at radius 2 is 1.91 bits per heavy atom. The Morgan fingerprint density at radius 3 is 2.55 bits per heavy atom. The molecule has 0 saturated heterocycles. The highest BCUT2D eigenvalue weighted by molar-refractivity contribution is 7.80. The zero-order chi connectivity index (χ0) is 23.9. The Morgan fingerprint density at radius 1 is 1.15 bits per heavy atom. The number of nitrogens with zero attached hydrogens (tertiary/aromatic N) is 4. The number of aliphatic carboxylic acids is 1. The van der Waals surface area contributed by atoms with Crippen LogP contribution in [0, 0.1) is 11.8 Å². The van der Waals surface area contributed by atoms with E-state index < -0.39 is 29.2 Å². The number of carboxylic acid groups (broad SMARTS) is 1. The van der Waals surface area contributed by atoms with Crippen LogP contribution in [0.5, 0.6) is 0 Å². The second-order valence-electron chi connectivity index (χ2n) is 8.79. The molecule has 0 bridgehead atoms. The van der Waals surface area contributed by atoms with Crippen LogP contribution in [0.2, 0.25) is 0 Å². The molecule has 4 rings (SSSR count). The largest absolute Gasteiger partial charge is 0.755 e. The second-order valence-corrected chi connectivity index (χ2v) is 9.61. The van der Waals surface area contributed by atoms with E-state index in [1.54, 1.807) is 36.7 Å². The summed E-state index contributed by atoms with van der Waals surface area (Å²) < 4.78 is 32.5. The summed E-state index contributed by atoms with van der Waals surface area (Å²) in [6.07, 6.45) is 2.72. The quantitative estimate of drug-likeness (QED) is 0.386. The summed E-state index contributed by atoms with van der Waals surface area (Å²) in [5.74, 6) is -1.16. The molecule has 0 fully saturated rings. The van der Waals surface area contributed by atoms with Gasteiger partial charge in [-0.05, 0) is 48.6 Å². The molecule has 174 valence electrons. The Labute approximate surface area is 193 Å². The van der Waals surface area contributed by atoms with Crippen molar-refractivity contribution < 1.29 is 23.1 Å². The van der Waals surface area contributed by atoms with E-state index in [0.29, 0.717) is 22.5 Å². The van der Waals surface area contributed by atoms with Crippen molar-refractivity contribution in [1.29, 1.82) is 0 Å². The van der Waals surface area contributed by atoms with Crippen molar-refractivity contribution in [1.82, 2.24) is 15.0 Å². The van der Waals surface area contributed by atoms with Gasteiger partial charge in [0.2, 0.25) is 0 Å². The summed E-state index contributed by atoms with van der Waals surface area (Å²) in [6, 6.07) is 9.23. The molecule has 0 radical (unpaired) electrons. The summed E-state index contributed by atoms with van der Waals surface area (Å²) in [6.45, 7) is 7.58. The van der Waals surface area contributed by atoms with E-state index in [9.17, 15) is 18.7 Å². The number of rotatable bonds is 8. The minimum atomic E-state index is -2.77. The molecular formula is C23H25N4O5S-. The van der Waals surface area contributed by atoms with E-state index in [0.717, 1.165) is 27.5 Å². The topological polar surface area (TPSA) is 125 Å². The molecule has 33 heavy (non-hydrogen) atoms. The molecule has 9 nitrogen and oxygen atoms in total. The predicted octanol–water partition coefficient (Wildman–Crippen LogP) is 4.07. The molecule has 2 heterocycles. The van der Waals surface area contributed by atoms with E-state index in [1.807, 2.05) is 24.4 Å². The van der Waals surface area contributed by atoms with Crippen LogP contribution < -0.4 is 4.31 Å². The third kappa shape index (κ3) is 4.49. The van der Waals surface area contributed by atoms with Gasteiger partial charge in [0.05, 0.1) is 23.3 Å². The number of furan rings is 1. The van der Waals surface area contributed by atoms with Gasteiger partial charge in [-0.2, -0.15) is 0 Å². The standard InChI is InChI=1S/C23H26N4O5S/c1-13(2)9-15-12-26(25-24-15)16-5-7-18-19-10-17(6-8-20(19)32-21(18)11-16)27(33(30)31)22(14(3)4)23(28)29/h5-8,10-14,22H,9H2,1-4H3,(H,28,29)(H,30,31)/p-1. The number of hydrogen-bond donors (Lipinski definition) is 1. The average molecular weight is 470 g/mol. The first-order valence-corrected chi connectivity index (χ1v) is 11.7. The summed E-state index contributed by atoms with van der Waals surface area (Å²) in [7, 11) is 0. The number of carbonyl (C=O) groups is 1. The van der Waals surface area contributed by atoms with Gasteiger partial charge in [0.25, 0.3) is 0 Å². The molecule has 0 saturated carbocycles. The van der Waals surface area contributed by atoms with Crippen molar-refractivity contribution in [2.75, 3.05) is 4.31 Å². The number of fused-ring (bicyclic) bond motifs is 3. The molecule has 0 amide bonds. The van der Waals surface area contributed by atoms with Gasteiger partial charge in [0, 0.05) is 28.1 Å². The molecule has 0 aliphatic carbocycles. The first-order valence-electron chi connectivity index (χ1n) is 10.6. The van der Waals surface area contributed by atoms with Crippen LogP contribution in [0.3, 0.4) is 0 Å². The Kier molecular flexibility index (Phi) is 6.22. The lowest BCUT2D eigenvalue weighted by Gasteiger charge is -2.34.